The second-order valence-electron chi connectivity index (χ2n) is 3.67. The summed E-state index contributed by atoms with van der Waals surface area (Å²) in [5.41, 5.74) is 9.38. The van der Waals surface area contributed by atoms with Gasteiger partial charge in [-0.15, -0.1) is 0 Å². The Balaban J connectivity index is 2.35. The van der Waals surface area contributed by atoms with Gasteiger partial charge in [0.15, 0.2) is 0 Å². The summed E-state index contributed by atoms with van der Waals surface area (Å²) in [7, 11) is 1.88. The van der Waals surface area contributed by atoms with Gasteiger partial charge in [0.25, 0.3) is 0 Å². The van der Waals surface area contributed by atoms with Crippen molar-refractivity contribution in [2.45, 2.75) is 0 Å². The third kappa shape index (κ3) is 1.11. The van der Waals surface area contributed by atoms with Crippen LogP contribution in [0.4, 0.5) is 5.69 Å². The number of pyridine rings is 1. The summed E-state index contributed by atoms with van der Waals surface area (Å²) in [5.74, 6) is 0. The van der Waals surface area contributed by atoms with Gasteiger partial charge < -0.3 is 10.7 Å². The molecule has 0 saturated heterocycles. The van der Waals surface area contributed by atoms with E-state index in [-0.39, 0.29) is 0 Å². The average Bonchev–Trinajstić information content (AvgIpc) is 2.83. The lowest BCUT2D eigenvalue weighted by Gasteiger charge is -2.01. The van der Waals surface area contributed by atoms with E-state index in [9.17, 15) is 0 Å². The fourth-order valence-electron chi connectivity index (χ4n) is 1.94. The second-order valence-corrected chi connectivity index (χ2v) is 3.67. The highest BCUT2D eigenvalue weighted by Gasteiger charge is 2.12. The minimum absolute atomic E-state index is 0.673. The molecule has 3 heterocycles. The SMILES string of the molecule is Cn1ncc(N)c1-c1c[nH]c2ncccc12. The Labute approximate surface area is 91.9 Å². The summed E-state index contributed by atoms with van der Waals surface area (Å²) in [6, 6.07) is 3.92. The summed E-state index contributed by atoms with van der Waals surface area (Å²) in [4.78, 5) is 7.37. The van der Waals surface area contributed by atoms with Crippen molar-refractivity contribution in [2.24, 2.45) is 7.05 Å². The van der Waals surface area contributed by atoms with Crippen LogP contribution in [0.15, 0.2) is 30.7 Å². The number of hydrogen-bond donors (Lipinski definition) is 2. The van der Waals surface area contributed by atoms with Crippen LogP contribution in [-0.4, -0.2) is 19.7 Å². The van der Waals surface area contributed by atoms with Gasteiger partial charge in [0.05, 0.1) is 17.6 Å². The lowest BCUT2D eigenvalue weighted by molar-refractivity contribution is 0.776. The molecule has 0 aliphatic heterocycles. The van der Waals surface area contributed by atoms with E-state index in [1.165, 1.54) is 0 Å². The molecule has 0 radical (unpaired) electrons. The van der Waals surface area contributed by atoms with Crippen LogP contribution >= 0.6 is 0 Å². The van der Waals surface area contributed by atoms with Crippen molar-refractivity contribution >= 4 is 16.7 Å². The van der Waals surface area contributed by atoms with Crippen molar-refractivity contribution in [3.05, 3.63) is 30.7 Å². The Hall–Kier alpha value is -2.30. The zero-order chi connectivity index (χ0) is 11.1. The van der Waals surface area contributed by atoms with Gasteiger partial charge in [0.1, 0.15) is 5.65 Å². The fourth-order valence-corrected chi connectivity index (χ4v) is 1.94. The van der Waals surface area contributed by atoms with E-state index in [0.29, 0.717) is 5.69 Å². The fraction of sp³-hybridized carbons (Fsp3) is 0.0909. The van der Waals surface area contributed by atoms with Gasteiger partial charge in [-0.1, -0.05) is 0 Å². The lowest BCUT2D eigenvalue weighted by atomic mass is 10.1. The van der Waals surface area contributed by atoms with E-state index in [4.69, 9.17) is 5.73 Å². The Kier molecular flexibility index (Phi) is 1.73. The van der Waals surface area contributed by atoms with Gasteiger partial charge >= 0.3 is 0 Å². The second kappa shape index (κ2) is 3.10. The van der Waals surface area contributed by atoms with Gasteiger partial charge in [-0.2, -0.15) is 5.10 Å². The van der Waals surface area contributed by atoms with Crippen molar-refractivity contribution in [3.63, 3.8) is 0 Å². The van der Waals surface area contributed by atoms with Crippen LogP contribution in [0.25, 0.3) is 22.3 Å². The van der Waals surface area contributed by atoms with Crippen molar-refractivity contribution in [3.8, 4) is 11.3 Å². The molecule has 3 N–H and O–H groups in total. The number of nitrogens with one attached hydrogen (secondary N) is 1. The number of H-pyrrole nitrogens is 1. The van der Waals surface area contributed by atoms with Crippen LogP contribution in [0, 0.1) is 0 Å². The van der Waals surface area contributed by atoms with Gasteiger partial charge in [-0.05, 0) is 12.1 Å². The number of nitrogens with zero attached hydrogens (tertiary/aromatic N) is 3. The molecule has 5 heteroatoms. The van der Waals surface area contributed by atoms with E-state index < -0.39 is 0 Å². The molecule has 0 bridgehead atoms. The molecule has 0 amide bonds. The minimum Gasteiger partial charge on any atom is -0.396 e. The average molecular weight is 213 g/mol. The molecule has 0 aliphatic carbocycles. The number of rotatable bonds is 1. The Morgan fingerprint density at radius 3 is 3.06 bits per heavy atom. The van der Waals surface area contributed by atoms with Crippen molar-refractivity contribution in [1.29, 1.82) is 0 Å². The van der Waals surface area contributed by atoms with Crippen molar-refractivity contribution in [1.82, 2.24) is 19.7 Å². The predicted octanol–water partition coefficient (Wildman–Crippen LogP) is 1.55. The third-order valence-electron chi connectivity index (χ3n) is 2.67. The smallest absolute Gasteiger partial charge is 0.137 e. The number of aryl methyl sites for hydroxylation is 1. The first-order valence-electron chi connectivity index (χ1n) is 4.97. The van der Waals surface area contributed by atoms with Crippen molar-refractivity contribution in [2.75, 3.05) is 5.73 Å². The first kappa shape index (κ1) is 8.96. The summed E-state index contributed by atoms with van der Waals surface area (Å²) in [6.07, 6.45) is 5.32. The van der Waals surface area contributed by atoms with E-state index in [1.54, 1.807) is 17.1 Å². The molecule has 0 saturated carbocycles. The number of fused-ring (bicyclic) bond motifs is 1. The molecule has 0 atom stereocenters. The maximum Gasteiger partial charge on any atom is 0.137 e. The molecule has 0 unspecified atom stereocenters. The molecule has 3 aromatic heterocycles. The molecule has 0 fully saturated rings. The summed E-state index contributed by atoms with van der Waals surface area (Å²) in [6.45, 7) is 0. The molecule has 5 nitrogen and oxygen atoms in total. The van der Waals surface area contributed by atoms with Gasteiger partial charge in [-0.3, -0.25) is 4.68 Å². The molecule has 3 aromatic rings. The van der Waals surface area contributed by atoms with Gasteiger partial charge in [-0.25, -0.2) is 4.98 Å². The van der Waals surface area contributed by atoms with Crippen LogP contribution in [0.5, 0.6) is 0 Å². The third-order valence-corrected chi connectivity index (χ3v) is 2.67. The highest BCUT2D eigenvalue weighted by atomic mass is 15.3. The standard InChI is InChI=1S/C11H11N5/c1-16-10(9(12)6-15-16)8-5-14-11-7(8)3-2-4-13-11/h2-6H,12H2,1H3,(H,13,14). The quantitative estimate of drug-likeness (QED) is 0.644. The molecular weight excluding hydrogens is 202 g/mol. The summed E-state index contributed by atoms with van der Waals surface area (Å²) >= 11 is 0. The first-order chi connectivity index (χ1) is 7.77. The normalized spacial score (nSPS) is 11.1. The number of aromatic nitrogens is 4. The van der Waals surface area contributed by atoms with Gasteiger partial charge in [0.2, 0.25) is 0 Å². The van der Waals surface area contributed by atoms with E-state index >= 15 is 0 Å². The number of hydrogen-bond acceptors (Lipinski definition) is 3. The Morgan fingerprint density at radius 2 is 2.31 bits per heavy atom. The molecule has 80 valence electrons. The molecule has 0 aromatic carbocycles. The zero-order valence-electron chi connectivity index (χ0n) is 8.81. The van der Waals surface area contributed by atoms with Crippen LogP contribution < -0.4 is 5.73 Å². The number of aromatic amines is 1. The zero-order valence-corrected chi connectivity index (χ0v) is 8.81. The first-order valence-corrected chi connectivity index (χ1v) is 4.97. The monoisotopic (exact) mass is 213 g/mol. The molecule has 0 aliphatic rings. The number of nitrogen functional groups attached to an aromatic ring is 1. The molecular formula is C11H11N5. The lowest BCUT2D eigenvalue weighted by Crippen LogP contribution is -1.95. The highest BCUT2D eigenvalue weighted by molar-refractivity contribution is 5.95. The van der Waals surface area contributed by atoms with E-state index in [1.807, 2.05) is 25.4 Å². The molecule has 0 spiro atoms. The summed E-state index contributed by atoms with van der Waals surface area (Å²) < 4.78 is 1.77. The van der Waals surface area contributed by atoms with Crippen LogP contribution in [0.3, 0.4) is 0 Å². The number of nitrogens with two attached hydrogens (primary N) is 1. The minimum atomic E-state index is 0.673. The summed E-state index contributed by atoms with van der Waals surface area (Å²) in [5, 5.41) is 5.19. The van der Waals surface area contributed by atoms with E-state index in [2.05, 4.69) is 15.1 Å². The van der Waals surface area contributed by atoms with Crippen molar-refractivity contribution < 1.29 is 0 Å². The maximum absolute atomic E-state index is 5.91. The van der Waals surface area contributed by atoms with Gasteiger partial charge in [0, 0.05) is 30.4 Å². The largest absolute Gasteiger partial charge is 0.396 e. The molecule has 16 heavy (non-hydrogen) atoms. The predicted molar refractivity (Wildman–Crippen MR) is 62.7 cm³/mol. The van der Waals surface area contributed by atoms with Crippen LogP contribution in [0.1, 0.15) is 0 Å². The van der Waals surface area contributed by atoms with Crippen LogP contribution in [0.2, 0.25) is 0 Å². The molecule has 3 rings (SSSR count). The Morgan fingerprint density at radius 1 is 1.44 bits per heavy atom. The topological polar surface area (TPSA) is 72.5 Å². The van der Waals surface area contributed by atoms with E-state index in [0.717, 1.165) is 22.3 Å². The highest BCUT2D eigenvalue weighted by Crippen LogP contribution is 2.30. The van der Waals surface area contributed by atoms with Crippen LogP contribution in [-0.2, 0) is 7.05 Å². The number of anilines is 1. The Bertz CT molecular complexity index is 630. The maximum atomic E-state index is 5.91.